The van der Waals surface area contributed by atoms with E-state index in [0.29, 0.717) is 6.07 Å². The number of nitrogens with one attached hydrogen (secondary N) is 1. The summed E-state index contributed by atoms with van der Waals surface area (Å²) < 4.78 is 51.8. The number of amides is 1. The van der Waals surface area contributed by atoms with Crippen molar-refractivity contribution < 1.29 is 22.4 Å². The fourth-order valence-electron chi connectivity index (χ4n) is 2.08. The maximum Gasteiger partial charge on any atom is 0.419 e. The quantitative estimate of drug-likeness (QED) is 0.869. The van der Waals surface area contributed by atoms with Gasteiger partial charge in [-0.25, -0.2) is 4.39 Å². The molecule has 1 heterocycles. The number of carbonyl (C=O) groups excluding carboxylic acids is 1. The van der Waals surface area contributed by atoms with Crippen LogP contribution in [-0.2, 0) is 6.18 Å². The highest BCUT2D eigenvalue weighted by Crippen LogP contribution is 2.32. The maximum atomic E-state index is 13.9. The third-order valence-electron chi connectivity index (χ3n) is 3.39. The molecule has 0 bridgehead atoms. The van der Waals surface area contributed by atoms with Gasteiger partial charge in [-0.1, -0.05) is 13.0 Å². The molecular weight excluding hydrogens is 312 g/mol. The van der Waals surface area contributed by atoms with E-state index in [2.05, 4.69) is 10.3 Å². The van der Waals surface area contributed by atoms with Gasteiger partial charge < -0.3 is 5.32 Å². The van der Waals surface area contributed by atoms with Gasteiger partial charge in [0.2, 0.25) is 0 Å². The molecule has 1 aromatic carbocycles. The van der Waals surface area contributed by atoms with Crippen LogP contribution in [0.25, 0.3) is 0 Å². The van der Waals surface area contributed by atoms with Crippen LogP contribution in [0.5, 0.6) is 0 Å². The maximum absolute atomic E-state index is 13.9. The lowest BCUT2D eigenvalue weighted by Gasteiger charge is -2.14. The Kier molecular flexibility index (Phi) is 4.98. The molecule has 1 aromatic heterocycles. The minimum Gasteiger partial charge on any atom is -0.351 e. The first-order valence-corrected chi connectivity index (χ1v) is 6.84. The fraction of sp³-hybridized carbons (Fsp3) is 0.250. The smallest absolute Gasteiger partial charge is 0.351 e. The average molecular weight is 326 g/mol. The van der Waals surface area contributed by atoms with E-state index in [4.69, 9.17) is 0 Å². The third-order valence-corrected chi connectivity index (χ3v) is 3.39. The van der Waals surface area contributed by atoms with E-state index in [9.17, 15) is 22.4 Å². The number of benzene rings is 1. The van der Waals surface area contributed by atoms with Gasteiger partial charge in [0.05, 0.1) is 11.1 Å². The van der Waals surface area contributed by atoms with Crippen LogP contribution >= 0.6 is 0 Å². The highest BCUT2D eigenvalue weighted by molar-refractivity contribution is 5.94. The van der Waals surface area contributed by atoms with Crippen LogP contribution in [0.2, 0.25) is 0 Å². The molecule has 23 heavy (non-hydrogen) atoms. The first kappa shape index (κ1) is 16.9. The van der Waals surface area contributed by atoms with E-state index in [1.807, 2.05) is 6.92 Å². The Morgan fingerprint density at radius 1 is 1.22 bits per heavy atom. The molecular formula is C16H14F4N2O. The number of hydrogen-bond donors (Lipinski definition) is 1. The van der Waals surface area contributed by atoms with E-state index >= 15 is 0 Å². The summed E-state index contributed by atoms with van der Waals surface area (Å²) in [6.07, 6.45) is -1.65. The predicted octanol–water partition coefficient (Wildman–Crippen LogP) is 3.77. The van der Waals surface area contributed by atoms with Crippen molar-refractivity contribution in [2.24, 2.45) is 0 Å². The Hall–Kier alpha value is -2.44. The second kappa shape index (κ2) is 6.76. The minimum atomic E-state index is -4.84. The molecule has 0 fully saturated rings. The predicted molar refractivity (Wildman–Crippen MR) is 76.4 cm³/mol. The van der Waals surface area contributed by atoms with Crippen molar-refractivity contribution in [3.05, 3.63) is 65.2 Å². The summed E-state index contributed by atoms with van der Waals surface area (Å²) in [5.41, 5.74) is -1.17. The molecule has 0 aliphatic carbocycles. The number of hydrogen-bond acceptors (Lipinski definition) is 2. The number of pyridine rings is 1. The van der Waals surface area contributed by atoms with Crippen molar-refractivity contribution in [1.82, 2.24) is 10.3 Å². The molecule has 0 saturated heterocycles. The molecule has 0 aliphatic heterocycles. The van der Waals surface area contributed by atoms with Gasteiger partial charge in [0.25, 0.3) is 5.91 Å². The van der Waals surface area contributed by atoms with Gasteiger partial charge in [-0.15, -0.1) is 0 Å². The zero-order valence-electron chi connectivity index (χ0n) is 12.2. The van der Waals surface area contributed by atoms with Crippen LogP contribution in [0.1, 0.15) is 34.3 Å². The van der Waals surface area contributed by atoms with Crippen molar-refractivity contribution in [2.45, 2.75) is 19.0 Å². The second-order valence-electron chi connectivity index (χ2n) is 5.06. The largest absolute Gasteiger partial charge is 0.419 e. The van der Waals surface area contributed by atoms with Gasteiger partial charge >= 0.3 is 6.18 Å². The SMILES string of the molecule is C[C@H](CNC(=O)c1cccc(C(F)(F)F)c1F)c1ccncc1. The third kappa shape index (κ3) is 4.06. The Balaban J connectivity index is 2.10. The monoisotopic (exact) mass is 326 g/mol. The molecule has 7 heteroatoms. The van der Waals surface area contributed by atoms with Gasteiger partial charge in [0, 0.05) is 18.9 Å². The second-order valence-corrected chi connectivity index (χ2v) is 5.06. The van der Waals surface area contributed by atoms with Gasteiger partial charge in [-0.05, 0) is 35.7 Å². The van der Waals surface area contributed by atoms with Gasteiger partial charge in [-0.3, -0.25) is 9.78 Å². The van der Waals surface area contributed by atoms with Crippen molar-refractivity contribution in [3.8, 4) is 0 Å². The zero-order chi connectivity index (χ0) is 17.0. The highest BCUT2D eigenvalue weighted by atomic mass is 19.4. The molecule has 0 radical (unpaired) electrons. The zero-order valence-corrected chi connectivity index (χ0v) is 12.2. The van der Waals surface area contributed by atoms with Crippen molar-refractivity contribution >= 4 is 5.91 Å². The molecule has 1 amide bonds. The molecule has 122 valence electrons. The lowest BCUT2D eigenvalue weighted by Crippen LogP contribution is -2.29. The number of nitrogens with zero attached hydrogens (tertiary/aromatic N) is 1. The van der Waals surface area contributed by atoms with Crippen LogP contribution in [-0.4, -0.2) is 17.4 Å². The molecule has 0 unspecified atom stereocenters. The van der Waals surface area contributed by atoms with Crippen LogP contribution in [0.4, 0.5) is 17.6 Å². The normalized spacial score (nSPS) is 12.7. The van der Waals surface area contributed by atoms with Gasteiger partial charge in [0.15, 0.2) is 0 Å². The average Bonchev–Trinajstić information content (AvgIpc) is 2.52. The summed E-state index contributed by atoms with van der Waals surface area (Å²) in [7, 11) is 0. The summed E-state index contributed by atoms with van der Waals surface area (Å²) in [6.45, 7) is 2.00. The van der Waals surface area contributed by atoms with Gasteiger partial charge in [0.1, 0.15) is 5.82 Å². The summed E-state index contributed by atoms with van der Waals surface area (Å²) in [5, 5.41) is 2.45. The molecule has 2 aromatic rings. The minimum absolute atomic E-state index is 0.0872. The van der Waals surface area contributed by atoms with E-state index in [1.165, 1.54) is 0 Å². The van der Waals surface area contributed by atoms with Crippen LogP contribution in [0.15, 0.2) is 42.7 Å². The number of carbonyl (C=O) groups is 1. The number of rotatable bonds is 4. The molecule has 1 N–H and O–H groups in total. The molecule has 1 atom stereocenters. The van der Waals surface area contributed by atoms with Crippen molar-refractivity contribution in [1.29, 1.82) is 0 Å². The fourth-order valence-corrected chi connectivity index (χ4v) is 2.08. The van der Waals surface area contributed by atoms with E-state index in [1.54, 1.807) is 24.5 Å². The van der Waals surface area contributed by atoms with Crippen LogP contribution in [0.3, 0.4) is 0 Å². The van der Waals surface area contributed by atoms with Gasteiger partial charge in [-0.2, -0.15) is 13.2 Å². The molecule has 0 aliphatic rings. The lowest BCUT2D eigenvalue weighted by molar-refractivity contribution is -0.140. The summed E-state index contributed by atoms with van der Waals surface area (Å²) >= 11 is 0. The summed E-state index contributed by atoms with van der Waals surface area (Å²) in [6, 6.07) is 6.17. The number of aromatic nitrogens is 1. The topological polar surface area (TPSA) is 42.0 Å². The molecule has 0 saturated carbocycles. The van der Waals surface area contributed by atoms with Crippen molar-refractivity contribution in [2.75, 3.05) is 6.54 Å². The Labute approximate surface area is 130 Å². The van der Waals surface area contributed by atoms with E-state index < -0.39 is 29.0 Å². The standard InChI is InChI=1S/C16H14F4N2O/c1-10(11-5-7-21-8-6-11)9-22-15(23)12-3-2-4-13(14(12)17)16(18,19)20/h2-8,10H,9H2,1H3,(H,22,23)/t10-/m1/s1. The molecule has 3 nitrogen and oxygen atoms in total. The lowest BCUT2D eigenvalue weighted by atomic mass is 10.0. The molecule has 0 spiro atoms. The molecule has 2 rings (SSSR count). The first-order valence-electron chi connectivity index (χ1n) is 6.84. The Morgan fingerprint density at radius 2 is 1.87 bits per heavy atom. The van der Waals surface area contributed by atoms with Crippen molar-refractivity contribution in [3.63, 3.8) is 0 Å². The van der Waals surface area contributed by atoms with E-state index in [-0.39, 0.29) is 12.5 Å². The Morgan fingerprint density at radius 3 is 2.48 bits per heavy atom. The summed E-state index contributed by atoms with van der Waals surface area (Å²) in [4.78, 5) is 15.8. The number of alkyl halides is 3. The van der Waals surface area contributed by atoms with Crippen LogP contribution in [0, 0.1) is 5.82 Å². The van der Waals surface area contributed by atoms with E-state index in [0.717, 1.165) is 17.7 Å². The first-order chi connectivity index (χ1) is 10.8. The number of halogens is 4. The van der Waals surface area contributed by atoms with Crippen LogP contribution < -0.4 is 5.32 Å². The Bertz CT molecular complexity index is 686. The highest BCUT2D eigenvalue weighted by Gasteiger charge is 2.35. The summed E-state index contributed by atoms with van der Waals surface area (Å²) in [5.74, 6) is -2.53.